The van der Waals surface area contributed by atoms with E-state index in [0.29, 0.717) is 48.2 Å². The molecule has 2 aromatic carbocycles. The molecule has 1 saturated heterocycles. The number of carbonyl (C=O) groups is 1. The summed E-state index contributed by atoms with van der Waals surface area (Å²) in [4.78, 5) is 17.5. The smallest absolute Gasteiger partial charge is 0.433 e. The molecular weight excluding hydrogens is 547 g/mol. The van der Waals surface area contributed by atoms with Crippen molar-refractivity contribution < 1.29 is 32.2 Å². The van der Waals surface area contributed by atoms with Gasteiger partial charge in [0.25, 0.3) is 0 Å². The van der Waals surface area contributed by atoms with Crippen molar-refractivity contribution in [2.45, 2.75) is 18.9 Å². The Balaban J connectivity index is 1.23. The first-order valence-corrected chi connectivity index (χ1v) is 12.9. The van der Waals surface area contributed by atoms with Crippen molar-refractivity contribution in [3.63, 3.8) is 0 Å². The van der Waals surface area contributed by atoms with Gasteiger partial charge < -0.3 is 19.6 Å². The van der Waals surface area contributed by atoms with Crippen molar-refractivity contribution in [1.29, 1.82) is 0 Å². The highest BCUT2D eigenvalue weighted by Crippen LogP contribution is 2.34. The van der Waals surface area contributed by atoms with Crippen LogP contribution < -0.4 is 5.32 Å². The van der Waals surface area contributed by atoms with Crippen molar-refractivity contribution in [2.24, 2.45) is 0 Å². The van der Waals surface area contributed by atoms with Gasteiger partial charge in [-0.2, -0.15) is 13.2 Å². The van der Waals surface area contributed by atoms with Gasteiger partial charge in [-0.3, -0.25) is 14.7 Å². The van der Waals surface area contributed by atoms with Gasteiger partial charge in [-0.1, -0.05) is 41.9 Å². The highest BCUT2D eigenvalue weighted by atomic mass is 35.5. The summed E-state index contributed by atoms with van der Waals surface area (Å²) < 4.78 is 49.1. The number of pyridine rings is 1. The number of benzene rings is 2. The summed E-state index contributed by atoms with van der Waals surface area (Å²) >= 11 is 6.50. The molecule has 1 aliphatic heterocycles. The van der Waals surface area contributed by atoms with E-state index in [1.807, 2.05) is 35.2 Å². The largest absolute Gasteiger partial charge is 0.458 e. The fourth-order valence-corrected chi connectivity index (χ4v) is 4.64. The van der Waals surface area contributed by atoms with Gasteiger partial charge in [0.15, 0.2) is 5.58 Å². The van der Waals surface area contributed by atoms with E-state index in [-0.39, 0.29) is 6.54 Å². The van der Waals surface area contributed by atoms with E-state index in [1.165, 1.54) is 18.2 Å². The molecule has 0 spiro atoms. The van der Waals surface area contributed by atoms with Crippen molar-refractivity contribution in [1.82, 2.24) is 15.2 Å². The third kappa shape index (κ3) is 6.53. The van der Waals surface area contributed by atoms with Crippen molar-refractivity contribution in [2.75, 3.05) is 26.3 Å². The van der Waals surface area contributed by atoms with Crippen LogP contribution in [0.25, 0.3) is 28.2 Å². The second-order valence-corrected chi connectivity index (χ2v) is 9.67. The van der Waals surface area contributed by atoms with Crippen LogP contribution in [0, 0.1) is 0 Å². The molecule has 0 bridgehead atoms. The van der Waals surface area contributed by atoms with Crippen LogP contribution in [-0.2, 0) is 22.3 Å². The van der Waals surface area contributed by atoms with Crippen molar-refractivity contribution >= 4 is 34.6 Å². The number of hydrogen-bond donors (Lipinski definition) is 2. The summed E-state index contributed by atoms with van der Waals surface area (Å²) in [5.41, 5.74) is 2.42. The zero-order valence-corrected chi connectivity index (χ0v) is 21.9. The number of aliphatic hydroxyl groups excluding tert-OH is 1. The molecule has 11 heteroatoms. The highest BCUT2D eigenvalue weighted by Gasteiger charge is 2.31. The monoisotopic (exact) mass is 571 g/mol. The summed E-state index contributed by atoms with van der Waals surface area (Å²) in [6.07, 6.45) is -1.59. The average Bonchev–Trinajstić information content (AvgIpc) is 3.39. The van der Waals surface area contributed by atoms with E-state index < -0.39 is 24.0 Å². The first-order valence-electron chi connectivity index (χ1n) is 12.5. The Morgan fingerprint density at radius 2 is 1.85 bits per heavy atom. The predicted molar refractivity (Wildman–Crippen MR) is 144 cm³/mol. The first-order chi connectivity index (χ1) is 19.2. The SMILES string of the molecule is O=C(/C=C/c1ccc(C(F)(F)F)nc1)NCc1cc2cc(-c3ccc(C(O)N4CCOCC4)cc3)cc(Cl)c2o1. The molecular formula is C29H25ClF3N3O4. The highest BCUT2D eigenvalue weighted by molar-refractivity contribution is 6.35. The molecule has 0 radical (unpaired) electrons. The van der Waals surface area contributed by atoms with E-state index in [9.17, 15) is 23.1 Å². The Morgan fingerprint density at radius 1 is 1.10 bits per heavy atom. The number of ether oxygens (including phenoxy) is 1. The number of aliphatic hydroxyl groups is 1. The van der Waals surface area contributed by atoms with E-state index in [0.717, 1.165) is 34.3 Å². The number of amides is 1. The number of alkyl halides is 3. The number of nitrogens with one attached hydrogen (secondary N) is 1. The van der Waals surface area contributed by atoms with Crippen LogP contribution in [0.2, 0.25) is 5.02 Å². The number of morpholine rings is 1. The molecule has 3 heterocycles. The van der Waals surface area contributed by atoms with Gasteiger partial charge in [0.05, 0.1) is 24.8 Å². The van der Waals surface area contributed by atoms with Crippen molar-refractivity contribution in [3.8, 4) is 11.1 Å². The van der Waals surface area contributed by atoms with Crippen LogP contribution >= 0.6 is 11.6 Å². The van der Waals surface area contributed by atoms with Gasteiger partial charge in [-0.15, -0.1) is 0 Å². The lowest BCUT2D eigenvalue weighted by Crippen LogP contribution is -2.38. The van der Waals surface area contributed by atoms with Gasteiger partial charge in [-0.05, 0) is 52.6 Å². The molecule has 0 aliphatic carbocycles. The summed E-state index contributed by atoms with van der Waals surface area (Å²) in [6, 6.07) is 15.2. The molecule has 1 fully saturated rings. The van der Waals surface area contributed by atoms with E-state index in [4.69, 9.17) is 20.8 Å². The number of furan rings is 1. The summed E-state index contributed by atoms with van der Waals surface area (Å²) in [5, 5.41) is 14.5. The third-order valence-electron chi connectivity index (χ3n) is 6.50. The molecule has 1 aliphatic rings. The van der Waals surface area contributed by atoms with Crippen LogP contribution in [0.1, 0.15) is 28.8 Å². The van der Waals surface area contributed by atoms with E-state index >= 15 is 0 Å². The van der Waals surface area contributed by atoms with Gasteiger partial charge in [0.2, 0.25) is 5.91 Å². The lowest BCUT2D eigenvalue weighted by Gasteiger charge is -2.31. The number of rotatable bonds is 7. The third-order valence-corrected chi connectivity index (χ3v) is 6.78. The number of carbonyl (C=O) groups excluding carboxylic acids is 1. The van der Waals surface area contributed by atoms with Crippen LogP contribution in [-0.4, -0.2) is 47.2 Å². The number of fused-ring (bicyclic) bond motifs is 1. The number of hydrogen-bond acceptors (Lipinski definition) is 6. The van der Waals surface area contributed by atoms with Gasteiger partial charge in [0.1, 0.15) is 17.7 Å². The lowest BCUT2D eigenvalue weighted by atomic mass is 10.0. The molecule has 7 nitrogen and oxygen atoms in total. The Kier molecular flexibility index (Phi) is 8.22. The van der Waals surface area contributed by atoms with Gasteiger partial charge >= 0.3 is 6.18 Å². The van der Waals surface area contributed by atoms with Crippen LogP contribution in [0.4, 0.5) is 13.2 Å². The molecule has 5 rings (SSSR count). The second kappa shape index (κ2) is 11.8. The van der Waals surface area contributed by atoms with Gasteiger partial charge in [-0.25, -0.2) is 0 Å². The fraction of sp³-hybridized carbons (Fsp3) is 0.241. The number of halogens is 4. The van der Waals surface area contributed by atoms with Crippen LogP contribution in [0.15, 0.2) is 71.3 Å². The topological polar surface area (TPSA) is 87.8 Å². The molecule has 1 amide bonds. The molecule has 4 aromatic rings. The fourth-order valence-electron chi connectivity index (χ4n) is 4.37. The Morgan fingerprint density at radius 3 is 2.52 bits per heavy atom. The lowest BCUT2D eigenvalue weighted by molar-refractivity contribution is -0.141. The molecule has 2 aromatic heterocycles. The number of aromatic nitrogens is 1. The average molecular weight is 572 g/mol. The van der Waals surface area contributed by atoms with Crippen molar-refractivity contribution in [3.05, 3.63) is 94.5 Å². The molecule has 0 saturated carbocycles. The maximum absolute atomic E-state index is 12.6. The van der Waals surface area contributed by atoms with E-state index in [1.54, 1.807) is 12.1 Å². The first kappa shape index (κ1) is 27.9. The zero-order valence-electron chi connectivity index (χ0n) is 21.1. The molecule has 208 valence electrons. The molecule has 1 unspecified atom stereocenters. The molecule has 40 heavy (non-hydrogen) atoms. The predicted octanol–water partition coefficient (Wildman–Crippen LogP) is 5.82. The Labute approximate surface area is 232 Å². The van der Waals surface area contributed by atoms with Crippen LogP contribution in [0.3, 0.4) is 0 Å². The maximum Gasteiger partial charge on any atom is 0.433 e. The number of nitrogens with zero attached hydrogens (tertiary/aromatic N) is 2. The molecule has 2 N–H and O–H groups in total. The van der Waals surface area contributed by atoms with E-state index in [2.05, 4.69) is 10.3 Å². The van der Waals surface area contributed by atoms with Gasteiger partial charge in [0, 0.05) is 30.7 Å². The summed E-state index contributed by atoms with van der Waals surface area (Å²) in [7, 11) is 0. The standard InChI is InChI=1S/C29H25ClF3N3O4/c30-24-15-21(19-3-5-20(6-4-19)28(38)36-9-11-39-12-10-36)13-22-14-23(40-27(22)24)17-35-26(37)8-2-18-1-7-25(34-16-18)29(31,32)33/h1-8,13-16,28,38H,9-12,17H2,(H,35,37)/b8-2+. The maximum atomic E-state index is 12.6. The zero-order chi connectivity index (χ0) is 28.3. The summed E-state index contributed by atoms with van der Waals surface area (Å²) in [6.45, 7) is 2.63. The Hall–Kier alpha value is -3.70. The van der Waals surface area contributed by atoms with Crippen LogP contribution in [0.5, 0.6) is 0 Å². The minimum Gasteiger partial charge on any atom is -0.458 e. The normalized spacial score (nSPS) is 15.5. The minimum atomic E-state index is -4.52. The Bertz CT molecular complexity index is 1510. The second-order valence-electron chi connectivity index (χ2n) is 9.26. The summed E-state index contributed by atoms with van der Waals surface area (Å²) in [5.74, 6) is 0.0301. The molecule has 1 atom stereocenters. The quantitative estimate of drug-likeness (QED) is 0.272. The minimum absolute atomic E-state index is 0.0862.